The highest BCUT2D eigenvalue weighted by Gasteiger charge is 2.20. The van der Waals surface area contributed by atoms with Crippen molar-refractivity contribution in [2.45, 2.75) is 24.8 Å². The molecule has 0 amide bonds. The minimum absolute atomic E-state index is 0. The van der Waals surface area contributed by atoms with Gasteiger partial charge in [0.2, 0.25) is 10.0 Å². The van der Waals surface area contributed by atoms with Crippen molar-refractivity contribution in [3.05, 3.63) is 29.6 Å². The first-order valence-electron chi connectivity index (χ1n) is 4.85. The molecule has 1 aromatic rings. The van der Waals surface area contributed by atoms with Crippen molar-refractivity contribution >= 4 is 22.4 Å². The van der Waals surface area contributed by atoms with Crippen LogP contribution in [0.5, 0.6) is 0 Å². The van der Waals surface area contributed by atoms with Crippen LogP contribution in [-0.2, 0) is 10.0 Å². The molecule has 0 saturated heterocycles. The molecule has 98 valence electrons. The topological polar surface area (TPSA) is 72.2 Å². The van der Waals surface area contributed by atoms with Crippen molar-refractivity contribution in [1.82, 2.24) is 4.72 Å². The molecule has 1 aromatic carbocycles. The molecule has 0 heterocycles. The third kappa shape index (κ3) is 4.23. The molecule has 1 atom stereocenters. The molecule has 0 aliphatic rings. The number of nitrogens with one attached hydrogen (secondary N) is 1. The van der Waals surface area contributed by atoms with Crippen LogP contribution in [0.25, 0.3) is 0 Å². The summed E-state index contributed by atoms with van der Waals surface area (Å²) in [5.41, 5.74) is 5.97. The van der Waals surface area contributed by atoms with Crippen LogP contribution in [0.3, 0.4) is 0 Å². The Morgan fingerprint density at radius 3 is 2.53 bits per heavy atom. The zero-order valence-electron chi connectivity index (χ0n) is 9.60. The number of hydrogen-bond acceptors (Lipinski definition) is 3. The van der Waals surface area contributed by atoms with E-state index in [1.165, 1.54) is 12.1 Å². The largest absolute Gasteiger partial charge is 0.329 e. The van der Waals surface area contributed by atoms with Gasteiger partial charge in [0.05, 0.1) is 0 Å². The van der Waals surface area contributed by atoms with Gasteiger partial charge in [0.15, 0.2) is 0 Å². The van der Waals surface area contributed by atoms with Gasteiger partial charge in [-0.15, -0.1) is 12.4 Å². The van der Waals surface area contributed by atoms with Gasteiger partial charge in [-0.2, -0.15) is 0 Å². The lowest BCUT2D eigenvalue weighted by Crippen LogP contribution is -2.38. The molecule has 0 radical (unpaired) electrons. The average molecular weight is 283 g/mol. The fraction of sp³-hybridized carbons (Fsp3) is 0.400. The standard InChI is InChI=1S/C10H15FN2O2S.ClH/c1-7-3-4-10(9(11)5-7)16(14,15)13-8(2)6-12;/h3-5,8,13H,6,12H2,1-2H3;1H/t8-;/m0./s1. The van der Waals surface area contributed by atoms with E-state index in [1.807, 2.05) is 0 Å². The number of rotatable bonds is 4. The Labute approximate surface area is 107 Å². The second-order valence-electron chi connectivity index (χ2n) is 3.69. The van der Waals surface area contributed by atoms with E-state index < -0.39 is 21.9 Å². The number of hydrogen-bond donors (Lipinski definition) is 2. The Morgan fingerprint density at radius 1 is 1.47 bits per heavy atom. The number of benzene rings is 1. The van der Waals surface area contributed by atoms with Gasteiger partial charge in [0.1, 0.15) is 10.7 Å². The maximum absolute atomic E-state index is 13.5. The average Bonchev–Trinajstić information content (AvgIpc) is 2.16. The van der Waals surface area contributed by atoms with Crippen molar-refractivity contribution in [2.24, 2.45) is 5.73 Å². The summed E-state index contributed by atoms with van der Waals surface area (Å²) in [7, 11) is -3.82. The van der Waals surface area contributed by atoms with Crippen molar-refractivity contribution in [1.29, 1.82) is 0 Å². The van der Waals surface area contributed by atoms with Crippen LogP contribution in [0, 0.1) is 12.7 Å². The van der Waals surface area contributed by atoms with Crippen molar-refractivity contribution in [2.75, 3.05) is 6.54 Å². The molecule has 3 N–H and O–H groups in total. The molecule has 0 aromatic heterocycles. The Balaban J connectivity index is 0.00000256. The summed E-state index contributed by atoms with van der Waals surface area (Å²) in [5, 5.41) is 0. The smallest absolute Gasteiger partial charge is 0.243 e. The molecule has 17 heavy (non-hydrogen) atoms. The van der Waals surface area contributed by atoms with Gasteiger partial charge in [-0.05, 0) is 31.5 Å². The first kappa shape index (κ1) is 16.3. The third-order valence-corrected chi connectivity index (χ3v) is 3.71. The van der Waals surface area contributed by atoms with Gasteiger partial charge in [-0.3, -0.25) is 0 Å². The van der Waals surface area contributed by atoms with Crippen molar-refractivity contribution in [3.63, 3.8) is 0 Å². The Bertz CT molecular complexity index is 479. The third-order valence-electron chi connectivity index (χ3n) is 2.09. The van der Waals surface area contributed by atoms with Crippen LogP contribution in [0.2, 0.25) is 0 Å². The molecule has 0 spiro atoms. The quantitative estimate of drug-likeness (QED) is 0.871. The number of aryl methyl sites for hydroxylation is 1. The van der Waals surface area contributed by atoms with Crippen molar-refractivity contribution < 1.29 is 12.8 Å². The van der Waals surface area contributed by atoms with E-state index in [4.69, 9.17) is 5.73 Å². The molecule has 0 saturated carbocycles. The normalized spacial score (nSPS) is 12.9. The molecule has 0 aliphatic carbocycles. The second-order valence-corrected chi connectivity index (χ2v) is 5.37. The summed E-state index contributed by atoms with van der Waals surface area (Å²) >= 11 is 0. The highest BCUT2D eigenvalue weighted by molar-refractivity contribution is 7.89. The summed E-state index contributed by atoms with van der Waals surface area (Å²) < 4.78 is 39.2. The number of halogens is 2. The van der Waals surface area contributed by atoms with Crippen LogP contribution >= 0.6 is 12.4 Å². The summed E-state index contributed by atoms with van der Waals surface area (Å²) in [6.45, 7) is 3.46. The highest BCUT2D eigenvalue weighted by atomic mass is 35.5. The lowest BCUT2D eigenvalue weighted by Gasteiger charge is -2.12. The molecule has 4 nitrogen and oxygen atoms in total. The molecular formula is C10H16ClFN2O2S. The van der Waals surface area contributed by atoms with Gasteiger partial charge in [0.25, 0.3) is 0 Å². The predicted molar refractivity (Wildman–Crippen MR) is 67.2 cm³/mol. The molecule has 7 heteroatoms. The molecule has 0 aliphatic heterocycles. The van der Waals surface area contributed by atoms with E-state index in [-0.39, 0.29) is 23.8 Å². The minimum Gasteiger partial charge on any atom is -0.329 e. The second kappa shape index (κ2) is 6.30. The van der Waals surface area contributed by atoms with Gasteiger partial charge in [0, 0.05) is 12.6 Å². The molecule has 0 fully saturated rings. The highest BCUT2D eigenvalue weighted by Crippen LogP contribution is 2.15. The first-order valence-corrected chi connectivity index (χ1v) is 6.33. The van der Waals surface area contributed by atoms with E-state index in [2.05, 4.69) is 4.72 Å². The van der Waals surface area contributed by atoms with E-state index >= 15 is 0 Å². The number of sulfonamides is 1. The molecule has 0 unspecified atom stereocenters. The SMILES string of the molecule is Cc1ccc(S(=O)(=O)N[C@@H](C)CN)c(F)c1.Cl. The molecular weight excluding hydrogens is 267 g/mol. The summed E-state index contributed by atoms with van der Waals surface area (Å²) in [6.07, 6.45) is 0. The Morgan fingerprint density at radius 2 is 2.06 bits per heavy atom. The Kier molecular flexibility index (Phi) is 6.04. The lowest BCUT2D eigenvalue weighted by atomic mass is 10.2. The van der Waals surface area contributed by atoms with Crippen LogP contribution in [0.15, 0.2) is 23.1 Å². The van der Waals surface area contributed by atoms with E-state index in [0.717, 1.165) is 0 Å². The zero-order chi connectivity index (χ0) is 12.3. The fourth-order valence-corrected chi connectivity index (χ4v) is 2.52. The van der Waals surface area contributed by atoms with Gasteiger partial charge in [-0.25, -0.2) is 17.5 Å². The first-order chi connectivity index (χ1) is 7.36. The number of nitrogens with two attached hydrogens (primary N) is 1. The maximum atomic E-state index is 13.5. The van der Waals surface area contributed by atoms with Gasteiger partial charge >= 0.3 is 0 Å². The van der Waals surface area contributed by atoms with E-state index in [9.17, 15) is 12.8 Å². The maximum Gasteiger partial charge on any atom is 0.243 e. The van der Waals surface area contributed by atoms with E-state index in [0.29, 0.717) is 5.56 Å². The lowest BCUT2D eigenvalue weighted by molar-refractivity contribution is 0.544. The van der Waals surface area contributed by atoms with Gasteiger partial charge < -0.3 is 5.73 Å². The summed E-state index contributed by atoms with van der Waals surface area (Å²) in [4.78, 5) is -0.349. The van der Waals surface area contributed by atoms with Crippen LogP contribution in [0.1, 0.15) is 12.5 Å². The monoisotopic (exact) mass is 282 g/mol. The van der Waals surface area contributed by atoms with E-state index in [1.54, 1.807) is 19.9 Å². The van der Waals surface area contributed by atoms with Gasteiger partial charge in [-0.1, -0.05) is 6.07 Å². The molecule has 1 rings (SSSR count). The Hall–Kier alpha value is -0.690. The van der Waals surface area contributed by atoms with Crippen LogP contribution in [-0.4, -0.2) is 21.0 Å². The fourth-order valence-electron chi connectivity index (χ4n) is 1.20. The van der Waals surface area contributed by atoms with Crippen LogP contribution in [0.4, 0.5) is 4.39 Å². The van der Waals surface area contributed by atoms with Crippen LogP contribution < -0.4 is 10.5 Å². The molecule has 0 bridgehead atoms. The summed E-state index contributed by atoms with van der Waals surface area (Å²) in [6, 6.07) is 3.55. The zero-order valence-corrected chi connectivity index (χ0v) is 11.2. The summed E-state index contributed by atoms with van der Waals surface area (Å²) in [5.74, 6) is -0.753. The minimum atomic E-state index is -3.82. The van der Waals surface area contributed by atoms with Crippen molar-refractivity contribution in [3.8, 4) is 0 Å². The predicted octanol–water partition coefficient (Wildman–Crippen LogP) is 1.18.